The molecule has 22 heavy (non-hydrogen) atoms. The molecule has 3 rings (SSSR count). The molecule has 0 saturated carbocycles. The first-order valence-electron chi connectivity index (χ1n) is 7.33. The summed E-state index contributed by atoms with van der Waals surface area (Å²) in [7, 11) is 2.06. The van der Waals surface area contributed by atoms with Gasteiger partial charge >= 0.3 is 0 Å². The number of aryl methyl sites for hydroxylation is 1. The van der Waals surface area contributed by atoms with E-state index in [2.05, 4.69) is 31.6 Å². The number of hydrogen-bond donors (Lipinski definition) is 0. The Morgan fingerprint density at radius 2 is 2.09 bits per heavy atom. The minimum atomic E-state index is 0.641. The summed E-state index contributed by atoms with van der Waals surface area (Å²) in [6.07, 6.45) is 6.66. The van der Waals surface area contributed by atoms with E-state index in [-0.39, 0.29) is 0 Å². The maximum atomic E-state index is 5.32. The van der Waals surface area contributed by atoms with E-state index in [9.17, 15) is 0 Å². The monoisotopic (exact) mass is 297 g/mol. The van der Waals surface area contributed by atoms with Crippen molar-refractivity contribution in [3.05, 3.63) is 54.9 Å². The second kappa shape index (κ2) is 7.00. The zero-order chi connectivity index (χ0) is 15.2. The molecule has 0 aliphatic rings. The van der Waals surface area contributed by atoms with E-state index in [1.165, 1.54) is 0 Å². The predicted molar refractivity (Wildman–Crippen MR) is 82.9 cm³/mol. The second-order valence-electron chi connectivity index (χ2n) is 5.27. The van der Waals surface area contributed by atoms with Crippen LogP contribution in [0.15, 0.2) is 53.6 Å². The van der Waals surface area contributed by atoms with Crippen LogP contribution in [0.5, 0.6) is 0 Å². The SMILES string of the molecule is CN(CCCn1ccnc1)Cc1nc(-c2ccccc2)no1. The van der Waals surface area contributed by atoms with Gasteiger partial charge in [-0.3, -0.25) is 4.90 Å². The van der Waals surface area contributed by atoms with Crippen molar-refractivity contribution < 1.29 is 4.52 Å². The highest BCUT2D eigenvalue weighted by Gasteiger charge is 2.10. The van der Waals surface area contributed by atoms with Crippen molar-refractivity contribution >= 4 is 0 Å². The normalized spacial score (nSPS) is 11.2. The van der Waals surface area contributed by atoms with Crippen LogP contribution in [0.25, 0.3) is 11.4 Å². The summed E-state index contributed by atoms with van der Waals surface area (Å²) < 4.78 is 7.40. The third kappa shape index (κ3) is 3.79. The van der Waals surface area contributed by atoms with Gasteiger partial charge in [-0.15, -0.1) is 0 Å². The molecule has 0 N–H and O–H groups in total. The Morgan fingerprint density at radius 3 is 2.86 bits per heavy atom. The molecule has 1 aromatic carbocycles. The molecular weight excluding hydrogens is 278 g/mol. The van der Waals surface area contributed by atoms with Crippen LogP contribution in [0.2, 0.25) is 0 Å². The third-order valence-electron chi connectivity index (χ3n) is 3.42. The molecule has 0 saturated heterocycles. The Balaban J connectivity index is 1.49. The molecular formula is C16H19N5O. The van der Waals surface area contributed by atoms with Gasteiger partial charge in [-0.05, 0) is 13.5 Å². The molecule has 0 bridgehead atoms. The fourth-order valence-corrected chi connectivity index (χ4v) is 2.28. The molecule has 0 atom stereocenters. The fraction of sp³-hybridized carbons (Fsp3) is 0.312. The lowest BCUT2D eigenvalue weighted by Crippen LogP contribution is -2.20. The lowest BCUT2D eigenvalue weighted by molar-refractivity contribution is 0.261. The van der Waals surface area contributed by atoms with Gasteiger partial charge in [0.25, 0.3) is 0 Å². The molecule has 0 unspecified atom stereocenters. The molecule has 0 amide bonds. The van der Waals surface area contributed by atoms with Gasteiger partial charge in [0.05, 0.1) is 12.9 Å². The van der Waals surface area contributed by atoms with Crippen LogP contribution in [0.1, 0.15) is 12.3 Å². The average Bonchev–Trinajstić information content (AvgIpc) is 3.20. The minimum Gasteiger partial charge on any atom is -0.338 e. The molecule has 2 aromatic heterocycles. The van der Waals surface area contributed by atoms with Crippen LogP contribution in [0, 0.1) is 0 Å². The van der Waals surface area contributed by atoms with Crippen molar-refractivity contribution in [2.24, 2.45) is 0 Å². The molecule has 0 aliphatic carbocycles. The van der Waals surface area contributed by atoms with Crippen LogP contribution in [0.4, 0.5) is 0 Å². The van der Waals surface area contributed by atoms with E-state index < -0.39 is 0 Å². The quantitative estimate of drug-likeness (QED) is 0.670. The van der Waals surface area contributed by atoms with Crippen molar-refractivity contribution in [2.75, 3.05) is 13.6 Å². The Bertz CT molecular complexity index is 678. The van der Waals surface area contributed by atoms with Gasteiger partial charge < -0.3 is 9.09 Å². The van der Waals surface area contributed by atoms with Crippen LogP contribution < -0.4 is 0 Å². The zero-order valence-electron chi connectivity index (χ0n) is 12.6. The predicted octanol–water partition coefficient (Wildman–Crippen LogP) is 2.46. The molecule has 0 fully saturated rings. The maximum Gasteiger partial charge on any atom is 0.241 e. The fourth-order valence-electron chi connectivity index (χ4n) is 2.28. The first-order valence-corrected chi connectivity index (χ1v) is 7.33. The van der Waals surface area contributed by atoms with Crippen molar-refractivity contribution in [3.63, 3.8) is 0 Å². The standard InChI is InChI=1S/C16H19N5O/c1-20(9-5-10-21-11-8-17-13-21)12-15-18-16(19-22-15)14-6-3-2-4-7-14/h2-4,6-8,11,13H,5,9-10,12H2,1H3. The Kier molecular flexibility index (Phi) is 4.60. The lowest BCUT2D eigenvalue weighted by atomic mass is 10.2. The van der Waals surface area contributed by atoms with Gasteiger partial charge in [-0.1, -0.05) is 35.5 Å². The zero-order valence-corrected chi connectivity index (χ0v) is 12.6. The summed E-state index contributed by atoms with van der Waals surface area (Å²) in [6.45, 7) is 2.58. The molecule has 0 spiro atoms. The molecule has 0 radical (unpaired) electrons. The number of imidazole rings is 1. The topological polar surface area (TPSA) is 60.0 Å². The molecule has 3 aromatic rings. The van der Waals surface area contributed by atoms with Crippen molar-refractivity contribution in [1.82, 2.24) is 24.6 Å². The van der Waals surface area contributed by atoms with E-state index in [0.29, 0.717) is 18.3 Å². The highest BCUT2D eigenvalue weighted by atomic mass is 16.5. The van der Waals surface area contributed by atoms with Gasteiger partial charge in [0.2, 0.25) is 11.7 Å². The number of benzene rings is 1. The lowest BCUT2D eigenvalue weighted by Gasteiger charge is -2.13. The van der Waals surface area contributed by atoms with E-state index in [0.717, 1.165) is 25.1 Å². The van der Waals surface area contributed by atoms with Crippen LogP contribution in [-0.2, 0) is 13.1 Å². The first-order chi connectivity index (χ1) is 10.8. The van der Waals surface area contributed by atoms with E-state index in [1.54, 1.807) is 6.20 Å². The number of hydrogen-bond acceptors (Lipinski definition) is 5. The van der Waals surface area contributed by atoms with Gasteiger partial charge in [0, 0.05) is 31.0 Å². The number of aromatic nitrogens is 4. The Morgan fingerprint density at radius 1 is 1.23 bits per heavy atom. The second-order valence-corrected chi connectivity index (χ2v) is 5.27. The summed E-state index contributed by atoms with van der Waals surface area (Å²) in [5, 5.41) is 4.04. The highest BCUT2D eigenvalue weighted by molar-refractivity contribution is 5.53. The molecule has 114 valence electrons. The summed E-state index contributed by atoms with van der Waals surface area (Å²) in [5.41, 5.74) is 0.972. The molecule has 6 nitrogen and oxygen atoms in total. The summed E-state index contributed by atoms with van der Waals surface area (Å²) in [6, 6.07) is 9.85. The van der Waals surface area contributed by atoms with Gasteiger partial charge in [-0.2, -0.15) is 4.98 Å². The number of rotatable bonds is 7. The van der Waals surface area contributed by atoms with Crippen LogP contribution >= 0.6 is 0 Å². The van der Waals surface area contributed by atoms with Gasteiger partial charge in [-0.25, -0.2) is 4.98 Å². The number of nitrogens with zero attached hydrogens (tertiary/aromatic N) is 5. The minimum absolute atomic E-state index is 0.641. The summed E-state index contributed by atoms with van der Waals surface area (Å²) in [5.74, 6) is 1.28. The van der Waals surface area contributed by atoms with Gasteiger partial charge in [0.1, 0.15) is 0 Å². The summed E-state index contributed by atoms with van der Waals surface area (Å²) >= 11 is 0. The largest absolute Gasteiger partial charge is 0.338 e. The highest BCUT2D eigenvalue weighted by Crippen LogP contribution is 2.15. The van der Waals surface area contributed by atoms with Crippen molar-refractivity contribution in [1.29, 1.82) is 0 Å². The smallest absolute Gasteiger partial charge is 0.241 e. The maximum absolute atomic E-state index is 5.32. The Labute approximate surface area is 129 Å². The Hall–Kier alpha value is -2.47. The average molecular weight is 297 g/mol. The van der Waals surface area contributed by atoms with Crippen molar-refractivity contribution in [2.45, 2.75) is 19.5 Å². The molecule has 6 heteroatoms. The van der Waals surface area contributed by atoms with Crippen molar-refractivity contribution in [3.8, 4) is 11.4 Å². The van der Waals surface area contributed by atoms with E-state index in [1.807, 2.05) is 42.9 Å². The third-order valence-corrected chi connectivity index (χ3v) is 3.42. The van der Waals surface area contributed by atoms with E-state index >= 15 is 0 Å². The van der Waals surface area contributed by atoms with Crippen LogP contribution in [-0.4, -0.2) is 38.2 Å². The molecule has 0 aliphatic heterocycles. The first kappa shape index (κ1) is 14.5. The summed E-state index contributed by atoms with van der Waals surface area (Å²) in [4.78, 5) is 10.7. The van der Waals surface area contributed by atoms with Crippen LogP contribution in [0.3, 0.4) is 0 Å². The van der Waals surface area contributed by atoms with Gasteiger partial charge in [0.15, 0.2) is 0 Å². The van der Waals surface area contributed by atoms with E-state index in [4.69, 9.17) is 4.52 Å². The molecule has 2 heterocycles.